The highest BCUT2D eigenvalue weighted by Crippen LogP contribution is 2.27. The zero-order chi connectivity index (χ0) is 17.8. The fraction of sp³-hybridized carbons (Fsp3) is 0.111. The van der Waals surface area contributed by atoms with Crippen LogP contribution in [0, 0.1) is 0 Å². The molecule has 0 aliphatic heterocycles. The fourth-order valence-corrected chi connectivity index (χ4v) is 2.49. The SMILES string of the molecule is COc1ccc(C(=O)NNC(=O)c2c[nH]c3ccccc23)cc1OC. The summed E-state index contributed by atoms with van der Waals surface area (Å²) in [6, 6.07) is 12.1. The number of carbonyl (C=O) groups excluding carboxylic acids is 2. The zero-order valence-corrected chi connectivity index (χ0v) is 13.8. The van der Waals surface area contributed by atoms with Crippen LogP contribution in [-0.2, 0) is 0 Å². The van der Waals surface area contributed by atoms with Crippen molar-refractivity contribution in [1.29, 1.82) is 0 Å². The summed E-state index contributed by atoms with van der Waals surface area (Å²) < 4.78 is 10.3. The number of ether oxygens (including phenoxy) is 2. The van der Waals surface area contributed by atoms with Gasteiger partial charge in [-0.15, -0.1) is 0 Å². The van der Waals surface area contributed by atoms with Crippen molar-refractivity contribution in [2.75, 3.05) is 14.2 Å². The van der Waals surface area contributed by atoms with Crippen molar-refractivity contribution in [3.63, 3.8) is 0 Å². The van der Waals surface area contributed by atoms with Crippen molar-refractivity contribution in [3.8, 4) is 11.5 Å². The normalized spacial score (nSPS) is 10.3. The van der Waals surface area contributed by atoms with E-state index in [0.29, 0.717) is 22.6 Å². The largest absolute Gasteiger partial charge is 0.493 e. The number of aromatic amines is 1. The van der Waals surface area contributed by atoms with Gasteiger partial charge < -0.3 is 14.5 Å². The van der Waals surface area contributed by atoms with Gasteiger partial charge in [-0.3, -0.25) is 20.4 Å². The molecular weight excluding hydrogens is 322 g/mol. The number of rotatable bonds is 4. The van der Waals surface area contributed by atoms with E-state index in [1.165, 1.54) is 20.3 Å². The van der Waals surface area contributed by atoms with Crippen molar-refractivity contribution in [2.45, 2.75) is 0 Å². The van der Waals surface area contributed by atoms with Crippen LogP contribution >= 0.6 is 0 Å². The zero-order valence-electron chi connectivity index (χ0n) is 13.8. The standard InChI is InChI=1S/C18H17N3O4/c1-24-15-8-7-11(9-16(15)25-2)17(22)20-21-18(23)13-10-19-14-6-4-3-5-12(13)14/h3-10,19H,1-2H3,(H,20,22)(H,21,23). The Morgan fingerprint density at radius 2 is 1.64 bits per heavy atom. The Balaban J connectivity index is 1.71. The summed E-state index contributed by atoms with van der Waals surface area (Å²) in [4.78, 5) is 27.5. The van der Waals surface area contributed by atoms with Crippen molar-refractivity contribution < 1.29 is 19.1 Å². The number of hydrazine groups is 1. The van der Waals surface area contributed by atoms with Crippen LogP contribution in [0.25, 0.3) is 10.9 Å². The van der Waals surface area contributed by atoms with Gasteiger partial charge in [0.2, 0.25) is 0 Å². The number of nitrogens with one attached hydrogen (secondary N) is 3. The van der Waals surface area contributed by atoms with E-state index >= 15 is 0 Å². The molecule has 0 unspecified atom stereocenters. The molecule has 3 aromatic rings. The number of carbonyl (C=O) groups is 2. The number of methoxy groups -OCH3 is 2. The maximum atomic E-state index is 12.3. The summed E-state index contributed by atoms with van der Waals surface area (Å²) in [6.45, 7) is 0. The fourth-order valence-electron chi connectivity index (χ4n) is 2.49. The lowest BCUT2D eigenvalue weighted by molar-refractivity contribution is 0.0847. The Morgan fingerprint density at radius 3 is 2.40 bits per heavy atom. The molecule has 0 aliphatic rings. The molecule has 25 heavy (non-hydrogen) atoms. The predicted molar refractivity (Wildman–Crippen MR) is 92.8 cm³/mol. The molecule has 7 heteroatoms. The molecule has 0 spiro atoms. The number of hydrogen-bond acceptors (Lipinski definition) is 4. The lowest BCUT2D eigenvalue weighted by atomic mass is 10.1. The third kappa shape index (κ3) is 3.25. The van der Waals surface area contributed by atoms with Gasteiger partial charge in [-0.1, -0.05) is 18.2 Å². The average molecular weight is 339 g/mol. The minimum atomic E-state index is -0.464. The van der Waals surface area contributed by atoms with Crippen LogP contribution < -0.4 is 20.3 Å². The Hall–Kier alpha value is -3.48. The first-order valence-electron chi connectivity index (χ1n) is 7.53. The highest BCUT2D eigenvalue weighted by atomic mass is 16.5. The summed E-state index contributed by atoms with van der Waals surface area (Å²) in [5.74, 6) is 0.0698. The van der Waals surface area contributed by atoms with Crippen LogP contribution in [0.2, 0.25) is 0 Å². The number of H-pyrrole nitrogens is 1. The van der Waals surface area contributed by atoms with Crippen LogP contribution in [0.5, 0.6) is 11.5 Å². The smallest absolute Gasteiger partial charge is 0.271 e. The second-order valence-electron chi connectivity index (χ2n) is 5.23. The molecule has 7 nitrogen and oxygen atoms in total. The third-order valence-electron chi connectivity index (χ3n) is 3.77. The van der Waals surface area contributed by atoms with E-state index in [1.807, 2.05) is 24.3 Å². The van der Waals surface area contributed by atoms with E-state index in [-0.39, 0.29) is 0 Å². The summed E-state index contributed by atoms with van der Waals surface area (Å²) >= 11 is 0. The van der Waals surface area contributed by atoms with Gasteiger partial charge >= 0.3 is 0 Å². The number of para-hydroxylation sites is 1. The van der Waals surface area contributed by atoms with Crippen LogP contribution in [0.15, 0.2) is 48.7 Å². The molecule has 2 amide bonds. The van der Waals surface area contributed by atoms with Crippen LogP contribution in [0.3, 0.4) is 0 Å². The number of benzene rings is 2. The summed E-state index contributed by atoms with van der Waals surface area (Å²) in [6.07, 6.45) is 1.60. The van der Waals surface area contributed by atoms with Crippen LogP contribution in [0.1, 0.15) is 20.7 Å². The summed E-state index contributed by atoms with van der Waals surface area (Å²) in [5, 5.41) is 0.778. The Kier molecular flexibility index (Phi) is 4.56. The van der Waals surface area contributed by atoms with Crippen LogP contribution in [0.4, 0.5) is 0 Å². The second-order valence-corrected chi connectivity index (χ2v) is 5.23. The Labute approximate surface area is 143 Å². The first kappa shape index (κ1) is 16.4. The van der Waals surface area contributed by atoms with Crippen molar-refractivity contribution in [1.82, 2.24) is 15.8 Å². The molecule has 0 aliphatic carbocycles. The average Bonchev–Trinajstić information content (AvgIpc) is 3.09. The van der Waals surface area contributed by atoms with Crippen LogP contribution in [-0.4, -0.2) is 31.0 Å². The molecule has 0 radical (unpaired) electrons. The molecule has 3 rings (SSSR count). The number of amides is 2. The molecule has 0 atom stereocenters. The Morgan fingerprint density at radius 1 is 0.920 bits per heavy atom. The maximum absolute atomic E-state index is 12.3. The maximum Gasteiger partial charge on any atom is 0.271 e. The van der Waals surface area contributed by atoms with Gasteiger partial charge in [0.25, 0.3) is 11.8 Å². The monoisotopic (exact) mass is 339 g/mol. The molecule has 1 aromatic heterocycles. The topological polar surface area (TPSA) is 92.5 Å². The molecule has 0 saturated heterocycles. The van der Waals surface area contributed by atoms with Gasteiger partial charge in [0, 0.05) is 22.7 Å². The summed E-state index contributed by atoms with van der Waals surface area (Å²) in [7, 11) is 3.00. The predicted octanol–water partition coefficient (Wildman–Crippen LogP) is 2.26. The number of aromatic nitrogens is 1. The van der Waals surface area contributed by atoms with Gasteiger partial charge in [-0.2, -0.15) is 0 Å². The lowest BCUT2D eigenvalue weighted by Crippen LogP contribution is -2.41. The highest BCUT2D eigenvalue weighted by Gasteiger charge is 2.14. The first-order valence-corrected chi connectivity index (χ1v) is 7.53. The van der Waals surface area contributed by atoms with E-state index in [4.69, 9.17) is 9.47 Å². The van der Waals surface area contributed by atoms with E-state index in [1.54, 1.807) is 18.3 Å². The van der Waals surface area contributed by atoms with Crippen molar-refractivity contribution in [2.24, 2.45) is 0 Å². The molecule has 128 valence electrons. The van der Waals surface area contributed by atoms with Gasteiger partial charge in [-0.05, 0) is 24.3 Å². The minimum Gasteiger partial charge on any atom is -0.493 e. The van der Waals surface area contributed by atoms with Crippen molar-refractivity contribution >= 4 is 22.7 Å². The molecule has 2 aromatic carbocycles. The van der Waals surface area contributed by atoms with Gasteiger partial charge in [0.15, 0.2) is 11.5 Å². The molecule has 0 saturated carbocycles. The summed E-state index contributed by atoms with van der Waals surface area (Å²) in [5.41, 5.74) is 6.43. The molecule has 0 bridgehead atoms. The minimum absolute atomic E-state index is 0.330. The molecule has 1 heterocycles. The van der Waals surface area contributed by atoms with Gasteiger partial charge in [0.1, 0.15) is 0 Å². The van der Waals surface area contributed by atoms with Gasteiger partial charge in [0.05, 0.1) is 19.8 Å². The number of hydrogen-bond donors (Lipinski definition) is 3. The van der Waals surface area contributed by atoms with Crippen molar-refractivity contribution in [3.05, 3.63) is 59.8 Å². The van der Waals surface area contributed by atoms with Gasteiger partial charge in [-0.25, -0.2) is 0 Å². The lowest BCUT2D eigenvalue weighted by Gasteiger charge is -2.10. The van der Waals surface area contributed by atoms with E-state index in [2.05, 4.69) is 15.8 Å². The van der Waals surface area contributed by atoms with E-state index in [9.17, 15) is 9.59 Å². The Bertz CT molecular complexity index is 933. The molecular formula is C18H17N3O4. The molecule has 0 fully saturated rings. The quantitative estimate of drug-likeness (QED) is 0.636. The highest BCUT2D eigenvalue weighted by molar-refractivity contribution is 6.07. The number of fused-ring (bicyclic) bond motifs is 1. The van der Waals surface area contributed by atoms with E-state index in [0.717, 1.165) is 10.9 Å². The second kappa shape index (κ2) is 6.96. The van der Waals surface area contributed by atoms with E-state index < -0.39 is 11.8 Å². The first-order chi connectivity index (χ1) is 12.1. The third-order valence-corrected chi connectivity index (χ3v) is 3.77. The molecule has 3 N–H and O–H groups in total.